The van der Waals surface area contributed by atoms with Crippen LogP contribution in [-0.2, 0) is 4.79 Å². The highest BCUT2D eigenvalue weighted by Gasteiger charge is 2.45. The maximum Gasteiger partial charge on any atom is 0.282 e. The van der Waals surface area contributed by atoms with Crippen molar-refractivity contribution in [3.63, 3.8) is 0 Å². The molecule has 0 aliphatic carbocycles. The van der Waals surface area contributed by atoms with Crippen LogP contribution in [-0.4, -0.2) is 67.7 Å². The number of nitrogens with one attached hydrogen (secondary N) is 1. The number of amides is 1. The molecule has 0 saturated carbocycles. The quantitative estimate of drug-likeness (QED) is 0.859. The number of fused-ring (bicyclic) bond motifs is 3. The van der Waals surface area contributed by atoms with Crippen molar-refractivity contribution in [2.75, 3.05) is 51.7 Å². The molecular weight excluding hydrogens is 302 g/mol. The zero-order valence-electron chi connectivity index (χ0n) is 13.1. The summed E-state index contributed by atoms with van der Waals surface area (Å²) < 4.78 is 6.19. The first-order chi connectivity index (χ1) is 10.5. The summed E-state index contributed by atoms with van der Waals surface area (Å²) in [6.07, 6.45) is 0. The molecule has 1 amide bonds. The van der Waals surface area contributed by atoms with Crippen molar-refractivity contribution in [1.29, 1.82) is 0 Å². The minimum Gasteiger partial charge on any atom is -0.495 e. The summed E-state index contributed by atoms with van der Waals surface area (Å²) >= 11 is 6.03. The van der Waals surface area contributed by atoms with Crippen molar-refractivity contribution in [3.8, 4) is 5.75 Å². The Morgan fingerprint density at radius 3 is 2.55 bits per heavy atom. The monoisotopic (exact) mass is 324 g/mol. The van der Waals surface area contributed by atoms with Gasteiger partial charge in [0.1, 0.15) is 5.75 Å². The van der Waals surface area contributed by atoms with E-state index in [-0.39, 0.29) is 11.9 Å². The number of quaternary nitrogens is 1. The molecule has 0 radical (unpaired) electrons. The fourth-order valence-corrected chi connectivity index (χ4v) is 3.71. The smallest absolute Gasteiger partial charge is 0.282 e. The lowest BCUT2D eigenvalue weighted by molar-refractivity contribution is -0.953. The Hall–Kier alpha value is -1.30. The molecule has 0 unspecified atom stereocenters. The molecule has 1 aromatic rings. The molecule has 0 spiro atoms. The molecule has 3 aliphatic rings. The third kappa shape index (κ3) is 2.81. The van der Waals surface area contributed by atoms with Gasteiger partial charge in [0, 0.05) is 24.7 Å². The van der Waals surface area contributed by atoms with E-state index in [1.165, 1.54) is 0 Å². The van der Waals surface area contributed by atoms with Crippen molar-refractivity contribution in [2.24, 2.45) is 0 Å². The molecule has 22 heavy (non-hydrogen) atoms. The van der Waals surface area contributed by atoms with E-state index in [0.29, 0.717) is 16.5 Å². The number of hydrogen-bond donors (Lipinski definition) is 1. The van der Waals surface area contributed by atoms with Crippen molar-refractivity contribution in [2.45, 2.75) is 13.0 Å². The topological polar surface area (TPSA) is 41.6 Å². The van der Waals surface area contributed by atoms with Gasteiger partial charge in [-0.15, -0.1) is 0 Å². The predicted molar refractivity (Wildman–Crippen MR) is 87.4 cm³/mol. The number of anilines is 1. The van der Waals surface area contributed by atoms with Crippen LogP contribution in [0, 0.1) is 0 Å². The number of carbonyl (C=O) groups excluding carboxylic acids is 1. The van der Waals surface area contributed by atoms with Crippen LogP contribution in [0.2, 0.25) is 5.02 Å². The van der Waals surface area contributed by atoms with Crippen LogP contribution in [0.4, 0.5) is 5.69 Å². The molecule has 3 fully saturated rings. The molecule has 3 aliphatic heterocycles. The van der Waals surface area contributed by atoms with Gasteiger partial charge in [0.25, 0.3) is 5.91 Å². The number of nitrogens with zero attached hydrogens (tertiary/aromatic N) is 2. The van der Waals surface area contributed by atoms with Crippen LogP contribution in [0.1, 0.15) is 6.92 Å². The first-order valence-electron chi connectivity index (χ1n) is 7.77. The van der Waals surface area contributed by atoms with Gasteiger partial charge in [-0.1, -0.05) is 11.6 Å². The van der Waals surface area contributed by atoms with E-state index in [2.05, 4.69) is 10.2 Å². The van der Waals surface area contributed by atoms with Crippen molar-refractivity contribution in [3.05, 3.63) is 23.2 Å². The Morgan fingerprint density at radius 2 is 1.95 bits per heavy atom. The second-order valence-corrected chi connectivity index (χ2v) is 6.68. The highest BCUT2D eigenvalue weighted by Crippen LogP contribution is 2.29. The number of halogens is 1. The number of benzene rings is 1. The van der Waals surface area contributed by atoms with E-state index < -0.39 is 0 Å². The summed E-state index contributed by atoms with van der Waals surface area (Å²) in [7, 11) is 1.59. The van der Waals surface area contributed by atoms with Crippen LogP contribution in [0.3, 0.4) is 0 Å². The maximum atomic E-state index is 12.7. The summed E-state index contributed by atoms with van der Waals surface area (Å²) in [5.41, 5.74) is 0.640. The summed E-state index contributed by atoms with van der Waals surface area (Å²) in [5, 5.41) is 3.58. The number of methoxy groups -OCH3 is 1. The number of carbonyl (C=O) groups is 1. The Bertz CT molecular complexity index is 557. The van der Waals surface area contributed by atoms with Gasteiger partial charge < -0.3 is 14.5 Å². The van der Waals surface area contributed by atoms with Crippen molar-refractivity contribution < 1.29 is 14.0 Å². The molecule has 3 saturated heterocycles. The number of ether oxygens (including phenoxy) is 1. The fraction of sp³-hybridized carbons (Fsp3) is 0.562. The van der Waals surface area contributed by atoms with E-state index >= 15 is 0 Å². The van der Waals surface area contributed by atoms with Crippen LogP contribution in [0.5, 0.6) is 5.75 Å². The molecule has 1 aromatic carbocycles. The van der Waals surface area contributed by atoms with Crippen LogP contribution < -0.4 is 10.1 Å². The lowest BCUT2D eigenvalue weighted by Crippen LogP contribution is -2.72. The summed E-state index contributed by atoms with van der Waals surface area (Å²) in [6, 6.07) is 5.20. The van der Waals surface area contributed by atoms with Gasteiger partial charge in [-0.3, -0.25) is 9.69 Å². The van der Waals surface area contributed by atoms with E-state index in [9.17, 15) is 4.79 Å². The largest absolute Gasteiger partial charge is 0.495 e. The first kappa shape index (κ1) is 15.6. The highest BCUT2D eigenvalue weighted by molar-refractivity contribution is 6.31. The molecule has 1 atom stereocenters. The highest BCUT2D eigenvalue weighted by atomic mass is 35.5. The third-order valence-corrected chi connectivity index (χ3v) is 5.44. The van der Waals surface area contributed by atoms with Crippen LogP contribution in [0.25, 0.3) is 0 Å². The second-order valence-electron chi connectivity index (χ2n) is 6.24. The van der Waals surface area contributed by atoms with E-state index in [0.717, 1.165) is 43.8 Å². The number of piperazine rings is 3. The fourth-order valence-electron chi connectivity index (χ4n) is 3.54. The predicted octanol–water partition coefficient (Wildman–Crippen LogP) is 1.82. The standard InChI is InChI=1S/C16H22ClN3O2/c1-12(20-8-5-19(6-9-20)7-10-20)16(21)18-14-11-13(17)3-4-15(14)22-2/h3-4,11-12H,5-10H2,1-2H3/p+1/t12-/m1/s1. The third-order valence-electron chi connectivity index (χ3n) is 5.21. The van der Waals surface area contributed by atoms with Gasteiger partial charge in [-0.2, -0.15) is 0 Å². The normalized spacial score (nSPS) is 28.2. The molecule has 1 N–H and O–H groups in total. The molecule has 4 rings (SSSR count). The minimum atomic E-state index is -0.0638. The number of rotatable bonds is 4. The SMILES string of the molecule is COc1ccc(Cl)cc1NC(=O)[C@@H](C)[N+]12CCN(CC1)CC2. The molecular formula is C16H23ClN3O2+. The average molecular weight is 325 g/mol. The number of hydrogen-bond acceptors (Lipinski definition) is 3. The molecule has 3 heterocycles. The van der Waals surface area contributed by atoms with Gasteiger partial charge >= 0.3 is 0 Å². The zero-order valence-corrected chi connectivity index (χ0v) is 13.9. The van der Waals surface area contributed by atoms with E-state index in [1.807, 2.05) is 6.92 Å². The lowest BCUT2D eigenvalue weighted by atomic mass is 10.1. The van der Waals surface area contributed by atoms with Crippen LogP contribution >= 0.6 is 11.6 Å². The lowest BCUT2D eigenvalue weighted by Gasteiger charge is -2.52. The molecule has 0 aromatic heterocycles. The summed E-state index contributed by atoms with van der Waals surface area (Å²) in [4.78, 5) is 15.2. The van der Waals surface area contributed by atoms with Gasteiger partial charge in [-0.25, -0.2) is 0 Å². The van der Waals surface area contributed by atoms with Gasteiger partial charge in [0.05, 0.1) is 32.4 Å². The van der Waals surface area contributed by atoms with Crippen molar-refractivity contribution >= 4 is 23.2 Å². The summed E-state index contributed by atoms with van der Waals surface area (Å²) in [5.74, 6) is 0.671. The Balaban J connectivity index is 1.75. The molecule has 120 valence electrons. The van der Waals surface area contributed by atoms with E-state index in [1.54, 1.807) is 25.3 Å². The Kier molecular flexibility index (Phi) is 4.30. The zero-order chi connectivity index (χ0) is 15.7. The van der Waals surface area contributed by atoms with Gasteiger partial charge in [0.15, 0.2) is 6.04 Å². The molecule has 6 heteroatoms. The molecule has 5 nitrogen and oxygen atoms in total. The maximum absolute atomic E-state index is 12.7. The average Bonchev–Trinajstić information content (AvgIpc) is 2.56. The second kappa shape index (κ2) is 6.07. The minimum absolute atomic E-state index is 0.0379. The van der Waals surface area contributed by atoms with Crippen molar-refractivity contribution in [1.82, 2.24) is 4.90 Å². The Morgan fingerprint density at radius 1 is 1.32 bits per heavy atom. The first-order valence-corrected chi connectivity index (χ1v) is 8.14. The van der Waals surface area contributed by atoms with E-state index in [4.69, 9.17) is 16.3 Å². The summed E-state index contributed by atoms with van der Waals surface area (Å²) in [6.45, 7) is 8.49. The van der Waals surface area contributed by atoms with Crippen LogP contribution in [0.15, 0.2) is 18.2 Å². The van der Waals surface area contributed by atoms with Gasteiger partial charge in [-0.05, 0) is 25.1 Å². The van der Waals surface area contributed by atoms with Gasteiger partial charge in [0.2, 0.25) is 0 Å². The molecule has 2 bridgehead atoms. The Labute approximate surface area is 136 Å².